The van der Waals surface area contributed by atoms with Crippen LogP contribution in [-0.2, 0) is 9.59 Å². The minimum atomic E-state index is -0.563. The maximum Gasteiger partial charge on any atom is 0.234 e. The van der Waals surface area contributed by atoms with E-state index in [-0.39, 0.29) is 35.5 Å². The molecule has 0 radical (unpaired) electrons. The fourth-order valence-corrected chi connectivity index (χ4v) is 4.37. The number of hydrogen-bond donors (Lipinski definition) is 3. The van der Waals surface area contributed by atoms with Gasteiger partial charge in [-0.05, 0) is 57.9 Å². The Morgan fingerprint density at radius 1 is 1.42 bits per heavy atom. The van der Waals surface area contributed by atoms with Gasteiger partial charge in [-0.2, -0.15) is 5.26 Å². The van der Waals surface area contributed by atoms with Crippen molar-refractivity contribution >= 4 is 45.2 Å². The van der Waals surface area contributed by atoms with Gasteiger partial charge in [-0.3, -0.25) is 9.59 Å². The lowest BCUT2D eigenvalue weighted by Gasteiger charge is -2.25. The molecule has 0 bridgehead atoms. The summed E-state index contributed by atoms with van der Waals surface area (Å²) in [6.45, 7) is 0. The van der Waals surface area contributed by atoms with Gasteiger partial charge >= 0.3 is 0 Å². The highest BCUT2D eigenvalue weighted by atomic mass is 79.9. The highest BCUT2D eigenvalue weighted by Crippen LogP contribution is 2.42. The number of phenolic OH excluding ortho intramolecular Hbond substituents is 1. The summed E-state index contributed by atoms with van der Waals surface area (Å²) in [5.41, 5.74) is 1.36. The molecule has 10 heteroatoms. The van der Waals surface area contributed by atoms with Crippen molar-refractivity contribution in [1.29, 1.82) is 5.26 Å². The molecule has 1 heterocycles. The topological polar surface area (TPSA) is 111 Å². The van der Waals surface area contributed by atoms with E-state index in [1.807, 2.05) is 0 Å². The summed E-state index contributed by atoms with van der Waals surface area (Å²) in [4.78, 5) is 24.5. The van der Waals surface area contributed by atoms with Gasteiger partial charge in [0.15, 0.2) is 11.5 Å². The Morgan fingerprint density at radius 2 is 2.13 bits per heavy atom. The third-order valence-electron chi connectivity index (χ3n) is 4.50. The van der Waals surface area contributed by atoms with Gasteiger partial charge in [0, 0.05) is 18.0 Å². The van der Waals surface area contributed by atoms with Crippen LogP contribution in [0.5, 0.6) is 11.5 Å². The second-order valence-corrected chi connectivity index (χ2v) is 8.40. The summed E-state index contributed by atoms with van der Waals surface area (Å²) in [6.07, 6.45) is 0.0368. The molecule has 3 rings (SSSR count). The molecule has 1 aliphatic heterocycles. The van der Waals surface area contributed by atoms with E-state index in [2.05, 4.69) is 32.6 Å². The first-order chi connectivity index (χ1) is 14.8. The molecule has 1 atom stereocenters. The van der Waals surface area contributed by atoms with Crippen LogP contribution in [0.1, 0.15) is 17.9 Å². The standard InChI is InChI=1S/C21H17BrFN3O4S/c1-30-17-7-11(6-16(22)20(17)29)14-8-18(27)26-21(15(14)9-24)31-10-19(28)25-13-4-2-12(23)3-5-13/h2-7,14,29H,8,10H2,1H3,(H,25,28)(H,26,27)/t14-/m1/s1. The van der Waals surface area contributed by atoms with Crippen molar-refractivity contribution in [3.05, 3.63) is 62.9 Å². The maximum absolute atomic E-state index is 13.0. The average molecular weight is 506 g/mol. The molecule has 0 unspecified atom stereocenters. The van der Waals surface area contributed by atoms with Gasteiger partial charge in [0.2, 0.25) is 11.8 Å². The Bertz CT molecular complexity index is 1100. The zero-order valence-corrected chi connectivity index (χ0v) is 18.6. The van der Waals surface area contributed by atoms with Crippen LogP contribution in [0.4, 0.5) is 10.1 Å². The van der Waals surface area contributed by atoms with Crippen LogP contribution < -0.4 is 15.4 Å². The van der Waals surface area contributed by atoms with E-state index in [0.717, 1.165) is 11.8 Å². The van der Waals surface area contributed by atoms with Gasteiger partial charge in [0.25, 0.3) is 0 Å². The molecule has 2 aromatic carbocycles. The highest BCUT2D eigenvalue weighted by molar-refractivity contribution is 9.10. The molecule has 31 heavy (non-hydrogen) atoms. The number of thioether (sulfide) groups is 1. The molecule has 3 N–H and O–H groups in total. The number of nitrogens with one attached hydrogen (secondary N) is 2. The van der Waals surface area contributed by atoms with E-state index in [9.17, 15) is 24.3 Å². The monoisotopic (exact) mass is 505 g/mol. The number of halogens is 2. The quantitative estimate of drug-likeness (QED) is 0.546. The largest absolute Gasteiger partial charge is 0.503 e. The number of anilines is 1. The van der Waals surface area contributed by atoms with Crippen LogP contribution in [0.25, 0.3) is 0 Å². The van der Waals surface area contributed by atoms with Gasteiger partial charge in [0.05, 0.1) is 34.0 Å². The third-order valence-corrected chi connectivity index (χ3v) is 6.13. The number of methoxy groups -OCH3 is 1. The molecule has 7 nitrogen and oxygen atoms in total. The van der Waals surface area contributed by atoms with Gasteiger partial charge in [-0.15, -0.1) is 0 Å². The van der Waals surface area contributed by atoms with Crippen molar-refractivity contribution in [3.8, 4) is 17.6 Å². The number of nitriles is 1. The zero-order valence-electron chi connectivity index (χ0n) is 16.2. The summed E-state index contributed by atoms with van der Waals surface area (Å²) in [6, 6.07) is 10.7. The summed E-state index contributed by atoms with van der Waals surface area (Å²) in [5.74, 6) is -1.58. The van der Waals surface area contributed by atoms with Gasteiger partial charge < -0.3 is 20.5 Å². The number of rotatable bonds is 6. The summed E-state index contributed by atoms with van der Waals surface area (Å²) in [5, 5.41) is 25.4. The second kappa shape index (κ2) is 9.85. The molecule has 0 saturated heterocycles. The summed E-state index contributed by atoms with van der Waals surface area (Å²) in [7, 11) is 1.40. The summed E-state index contributed by atoms with van der Waals surface area (Å²) >= 11 is 4.28. The highest BCUT2D eigenvalue weighted by Gasteiger charge is 2.31. The number of benzene rings is 2. The van der Waals surface area contributed by atoms with Gasteiger partial charge in [-0.25, -0.2) is 4.39 Å². The Morgan fingerprint density at radius 3 is 2.77 bits per heavy atom. The Balaban J connectivity index is 1.81. The van der Waals surface area contributed by atoms with E-state index in [1.54, 1.807) is 12.1 Å². The van der Waals surface area contributed by atoms with E-state index < -0.39 is 11.7 Å². The van der Waals surface area contributed by atoms with E-state index in [4.69, 9.17) is 4.74 Å². The molecule has 1 aliphatic rings. The number of hydrogen-bond acceptors (Lipinski definition) is 6. The molecule has 0 saturated carbocycles. The molecule has 0 aromatic heterocycles. The fourth-order valence-electron chi connectivity index (χ4n) is 3.04. The number of aromatic hydroxyl groups is 1. The molecule has 0 aliphatic carbocycles. The average Bonchev–Trinajstić information content (AvgIpc) is 2.75. The first-order valence-electron chi connectivity index (χ1n) is 9.01. The molecule has 2 amide bonds. The maximum atomic E-state index is 13.0. The molecule has 0 fully saturated rings. The number of amides is 2. The van der Waals surface area contributed by atoms with Gasteiger partial charge in [-0.1, -0.05) is 11.8 Å². The molecular formula is C21H17BrFN3O4S. The number of allylic oxidation sites excluding steroid dienone is 1. The zero-order chi connectivity index (χ0) is 22.5. The van der Waals surface area contributed by atoms with Crippen LogP contribution in [0.3, 0.4) is 0 Å². The minimum absolute atomic E-state index is 0.0368. The predicted octanol–water partition coefficient (Wildman–Crippen LogP) is 4.01. The molecule has 160 valence electrons. The Hall–Kier alpha value is -3.03. The van der Waals surface area contributed by atoms with Crippen LogP contribution in [-0.4, -0.2) is 29.8 Å². The van der Waals surface area contributed by atoms with Crippen LogP contribution in [0, 0.1) is 17.1 Å². The van der Waals surface area contributed by atoms with Crippen molar-refractivity contribution in [1.82, 2.24) is 5.32 Å². The van der Waals surface area contributed by atoms with Crippen LogP contribution >= 0.6 is 27.7 Å². The van der Waals surface area contributed by atoms with Crippen molar-refractivity contribution in [2.75, 3.05) is 18.2 Å². The Kier molecular flexibility index (Phi) is 7.20. The van der Waals surface area contributed by atoms with Gasteiger partial charge in [0.1, 0.15) is 5.82 Å². The van der Waals surface area contributed by atoms with Crippen molar-refractivity contribution < 1.29 is 23.8 Å². The van der Waals surface area contributed by atoms with Crippen molar-refractivity contribution in [2.24, 2.45) is 0 Å². The third kappa shape index (κ3) is 5.37. The number of ether oxygens (including phenoxy) is 1. The predicted molar refractivity (Wildman–Crippen MR) is 118 cm³/mol. The second-order valence-electron chi connectivity index (χ2n) is 6.56. The number of carbonyl (C=O) groups is 2. The molecule has 0 spiro atoms. The number of carbonyl (C=O) groups excluding carboxylic acids is 2. The van der Waals surface area contributed by atoms with Crippen molar-refractivity contribution in [3.63, 3.8) is 0 Å². The first-order valence-corrected chi connectivity index (χ1v) is 10.8. The van der Waals surface area contributed by atoms with Crippen molar-refractivity contribution in [2.45, 2.75) is 12.3 Å². The number of nitrogens with zero attached hydrogens (tertiary/aromatic N) is 1. The lowest BCUT2D eigenvalue weighted by molar-refractivity contribution is -0.121. The van der Waals surface area contributed by atoms with E-state index >= 15 is 0 Å². The number of phenols is 1. The molecular weight excluding hydrogens is 489 g/mol. The van der Waals surface area contributed by atoms with E-state index in [1.165, 1.54) is 31.4 Å². The minimum Gasteiger partial charge on any atom is -0.503 e. The summed E-state index contributed by atoms with van der Waals surface area (Å²) < 4.78 is 18.5. The Labute approximate surface area is 190 Å². The smallest absolute Gasteiger partial charge is 0.234 e. The SMILES string of the molecule is COc1cc([C@H]2CC(=O)NC(SCC(=O)Nc3ccc(F)cc3)=C2C#N)cc(Br)c1O. The fraction of sp³-hybridized carbons (Fsp3) is 0.190. The van der Waals surface area contributed by atoms with Crippen LogP contribution in [0.15, 0.2) is 51.5 Å². The lowest BCUT2D eigenvalue weighted by Crippen LogP contribution is -2.31. The first kappa shape index (κ1) is 22.7. The van der Waals surface area contributed by atoms with Crippen LogP contribution in [0.2, 0.25) is 0 Å². The van der Waals surface area contributed by atoms with E-state index in [0.29, 0.717) is 26.3 Å². The molecule has 2 aromatic rings. The normalized spacial score (nSPS) is 15.8. The lowest BCUT2D eigenvalue weighted by atomic mass is 9.87.